The van der Waals surface area contributed by atoms with Crippen molar-refractivity contribution in [1.82, 2.24) is 14.8 Å². The van der Waals surface area contributed by atoms with Gasteiger partial charge in [0, 0.05) is 31.5 Å². The molecule has 0 aliphatic heterocycles. The predicted molar refractivity (Wildman–Crippen MR) is 53.7 cm³/mol. The van der Waals surface area contributed by atoms with Gasteiger partial charge in [-0.2, -0.15) is 0 Å². The highest BCUT2D eigenvalue weighted by atomic mass is 16.1. The first kappa shape index (κ1) is 8.83. The minimum atomic E-state index is -0.0660. The Bertz CT molecular complexity index is 477. The van der Waals surface area contributed by atoms with Gasteiger partial charge in [0.25, 0.3) is 5.56 Å². The molecule has 0 unspecified atom stereocenters. The Kier molecular flexibility index (Phi) is 2.01. The van der Waals surface area contributed by atoms with Crippen LogP contribution >= 0.6 is 0 Å². The molecule has 2 aromatic rings. The first-order chi connectivity index (χ1) is 6.74. The summed E-state index contributed by atoms with van der Waals surface area (Å²) in [4.78, 5) is 14.5. The Morgan fingerprint density at radius 2 is 2.36 bits per heavy atom. The summed E-state index contributed by atoms with van der Waals surface area (Å²) in [6, 6.07) is 1.89. The molecule has 2 heterocycles. The van der Waals surface area contributed by atoms with Crippen molar-refractivity contribution >= 4 is 0 Å². The van der Waals surface area contributed by atoms with Gasteiger partial charge in [-0.1, -0.05) is 0 Å². The molecule has 0 spiro atoms. The van der Waals surface area contributed by atoms with Crippen LogP contribution in [0.25, 0.3) is 11.3 Å². The molecule has 0 saturated carbocycles. The number of nitrogens with zero attached hydrogens (tertiary/aromatic N) is 1. The van der Waals surface area contributed by atoms with Gasteiger partial charge in [-0.25, -0.2) is 0 Å². The van der Waals surface area contributed by atoms with Gasteiger partial charge in [0.15, 0.2) is 0 Å². The third-order valence-electron chi connectivity index (χ3n) is 2.23. The standard InChI is InChI=1S/C9H12N4O/c1-13-9(14)7(4-10)8(12-13)6-2-3-11-5-6/h2-3,5,11-12H,4,10H2,1H3. The second-order valence-corrected chi connectivity index (χ2v) is 3.13. The zero-order chi connectivity index (χ0) is 10.1. The summed E-state index contributed by atoms with van der Waals surface area (Å²) < 4.78 is 1.44. The third kappa shape index (κ3) is 1.18. The molecule has 0 bridgehead atoms. The summed E-state index contributed by atoms with van der Waals surface area (Å²) in [5.74, 6) is 0. The van der Waals surface area contributed by atoms with Crippen LogP contribution in [0.15, 0.2) is 23.3 Å². The fraction of sp³-hybridized carbons (Fsp3) is 0.222. The van der Waals surface area contributed by atoms with Gasteiger partial charge >= 0.3 is 0 Å². The predicted octanol–water partition coefficient (Wildman–Crippen LogP) is 0.167. The van der Waals surface area contributed by atoms with Crippen molar-refractivity contribution in [2.75, 3.05) is 0 Å². The molecule has 4 N–H and O–H groups in total. The van der Waals surface area contributed by atoms with Gasteiger partial charge in [-0.3, -0.25) is 14.6 Å². The summed E-state index contributed by atoms with van der Waals surface area (Å²) in [5.41, 5.74) is 7.82. The van der Waals surface area contributed by atoms with Crippen molar-refractivity contribution in [3.8, 4) is 11.3 Å². The van der Waals surface area contributed by atoms with Crippen molar-refractivity contribution in [1.29, 1.82) is 0 Å². The van der Waals surface area contributed by atoms with E-state index >= 15 is 0 Å². The van der Waals surface area contributed by atoms with Crippen LogP contribution in [-0.4, -0.2) is 14.8 Å². The van der Waals surface area contributed by atoms with Gasteiger partial charge in [0.1, 0.15) is 0 Å². The minimum absolute atomic E-state index is 0.0660. The van der Waals surface area contributed by atoms with E-state index in [9.17, 15) is 4.79 Å². The van der Waals surface area contributed by atoms with Crippen molar-refractivity contribution in [2.45, 2.75) is 6.54 Å². The summed E-state index contributed by atoms with van der Waals surface area (Å²) in [7, 11) is 1.68. The molecule has 5 heteroatoms. The van der Waals surface area contributed by atoms with Crippen LogP contribution in [0.1, 0.15) is 5.56 Å². The Morgan fingerprint density at radius 1 is 1.57 bits per heavy atom. The lowest BCUT2D eigenvalue weighted by molar-refractivity contribution is 0.739. The van der Waals surface area contributed by atoms with Crippen LogP contribution in [0.2, 0.25) is 0 Å². The largest absolute Gasteiger partial charge is 0.367 e. The molecule has 0 aliphatic carbocycles. The highest BCUT2D eigenvalue weighted by Gasteiger charge is 2.12. The number of nitrogens with one attached hydrogen (secondary N) is 2. The average molecular weight is 192 g/mol. The summed E-state index contributed by atoms with van der Waals surface area (Å²) in [6.07, 6.45) is 3.63. The van der Waals surface area contributed by atoms with Gasteiger partial charge < -0.3 is 10.7 Å². The Labute approximate surface area is 80.5 Å². The first-order valence-electron chi connectivity index (χ1n) is 4.35. The fourth-order valence-electron chi connectivity index (χ4n) is 1.50. The van der Waals surface area contributed by atoms with Crippen LogP contribution in [-0.2, 0) is 13.6 Å². The quantitative estimate of drug-likeness (QED) is 0.634. The zero-order valence-corrected chi connectivity index (χ0v) is 7.87. The highest BCUT2D eigenvalue weighted by Crippen LogP contribution is 2.17. The molecular weight excluding hydrogens is 180 g/mol. The SMILES string of the molecule is Cn1[nH]c(-c2cc[nH]c2)c(CN)c1=O. The zero-order valence-electron chi connectivity index (χ0n) is 7.87. The van der Waals surface area contributed by atoms with Crippen LogP contribution in [0.3, 0.4) is 0 Å². The lowest BCUT2D eigenvalue weighted by atomic mass is 10.1. The number of hydrogen-bond acceptors (Lipinski definition) is 2. The molecule has 2 rings (SSSR count). The van der Waals surface area contributed by atoms with Gasteiger partial charge in [-0.15, -0.1) is 0 Å². The molecule has 74 valence electrons. The van der Waals surface area contributed by atoms with Gasteiger partial charge in [0.05, 0.1) is 11.3 Å². The smallest absolute Gasteiger partial charge is 0.271 e. The molecule has 0 amide bonds. The Hall–Kier alpha value is -1.75. The van der Waals surface area contributed by atoms with Gasteiger partial charge in [0.2, 0.25) is 0 Å². The minimum Gasteiger partial charge on any atom is -0.367 e. The molecule has 0 aromatic carbocycles. The molecule has 2 aromatic heterocycles. The van der Waals surface area contributed by atoms with E-state index in [2.05, 4.69) is 10.1 Å². The number of aromatic amines is 2. The molecular formula is C9H12N4O. The second-order valence-electron chi connectivity index (χ2n) is 3.13. The van der Waals surface area contributed by atoms with E-state index in [1.54, 1.807) is 13.2 Å². The van der Waals surface area contributed by atoms with Crippen molar-refractivity contribution in [2.24, 2.45) is 12.8 Å². The lowest BCUT2D eigenvalue weighted by Gasteiger charge is -1.94. The summed E-state index contributed by atoms with van der Waals surface area (Å²) in [6.45, 7) is 0.247. The molecule has 0 radical (unpaired) electrons. The van der Waals surface area contributed by atoms with Gasteiger partial charge in [-0.05, 0) is 6.07 Å². The number of H-pyrrole nitrogens is 2. The highest BCUT2D eigenvalue weighted by molar-refractivity contribution is 5.61. The van der Waals surface area contributed by atoms with E-state index in [1.807, 2.05) is 12.3 Å². The molecule has 0 atom stereocenters. The van der Waals surface area contributed by atoms with Crippen molar-refractivity contribution in [3.05, 3.63) is 34.4 Å². The number of rotatable bonds is 2. The second kappa shape index (κ2) is 3.19. The van der Waals surface area contributed by atoms with Crippen LogP contribution in [0.5, 0.6) is 0 Å². The van der Waals surface area contributed by atoms with Crippen LogP contribution < -0.4 is 11.3 Å². The van der Waals surface area contributed by atoms with E-state index in [0.717, 1.165) is 11.3 Å². The first-order valence-corrected chi connectivity index (χ1v) is 4.35. The number of aryl methyl sites for hydroxylation is 1. The third-order valence-corrected chi connectivity index (χ3v) is 2.23. The maximum Gasteiger partial charge on any atom is 0.271 e. The summed E-state index contributed by atoms with van der Waals surface area (Å²) >= 11 is 0. The van der Waals surface area contributed by atoms with Crippen LogP contribution in [0.4, 0.5) is 0 Å². The summed E-state index contributed by atoms with van der Waals surface area (Å²) in [5, 5.41) is 2.97. The topological polar surface area (TPSA) is 79.6 Å². The monoisotopic (exact) mass is 192 g/mol. The molecule has 0 fully saturated rings. The van der Waals surface area contributed by atoms with Crippen LogP contribution in [0, 0.1) is 0 Å². The molecule has 0 saturated heterocycles. The average Bonchev–Trinajstić information content (AvgIpc) is 2.76. The molecule has 5 nitrogen and oxygen atoms in total. The van der Waals surface area contributed by atoms with E-state index < -0.39 is 0 Å². The number of nitrogens with two attached hydrogens (primary N) is 1. The Balaban J connectivity index is 2.65. The normalized spacial score (nSPS) is 10.7. The Morgan fingerprint density at radius 3 is 2.93 bits per heavy atom. The molecule has 14 heavy (non-hydrogen) atoms. The van der Waals surface area contributed by atoms with E-state index in [4.69, 9.17) is 5.73 Å². The van der Waals surface area contributed by atoms with E-state index in [-0.39, 0.29) is 12.1 Å². The maximum absolute atomic E-state index is 11.6. The number of hydrogen-bond donors (Lipinski definition) is 3. The lowest BCUT2D eigenvalue weighted by Crippen LogP contribution is -2.17. The fourth-order valence-corrected chi connectivity index (χ4v) is 1.50. The molecule has 0 aliphatic rings. The van der Waals surface area contributed by atoms with E-state index in [1.165, 1.54) is 4.68 Å². The number of aromatic nitrogens is 3. The maximum atomic E-state index is 11.6. The van der Waals surface area contributed by atoms with E-state index in [0.29, 0.717) is 5.56 Å². The van der Waals surface area contributed by atoms with Crippen molar-refractivity contribution in [3.63, 3.8) is 0 Å². The van der Waals surface area contributed by atoms with Crippen molar-refractivity contribution < 1.29 is 0 Å².